The molecule has 0 unspecified atom stereocenters. The van der Waals surface area contributed by atoms with Gasteiger partial charge in [0.15, 0.2) is 0 Å². The number of aromatic carboxylic acids is 1. The standard InChI is InChI=1S/C6H9N3O2.ClH/c1-9-5(6(10)11)2-4(3-7)8-9;/h2H,3,7H2,1H3,(H,10,11);1H. The predicted molar refractivity (Wildman–Crippen MR) is 45.3 cm³/mol. The summed E-state index contributed by atoms with van der Waals surface area (Å²) in [5.41, 5.74) is 6.01. The highest BCUT2D eigenvalue weighted by atomic mass is 35.5. The lowest BCUT2D eigenvalue weighted by Gasteiger charge is -1.91. The Kier molecular flexibility index (Phi) is 3.72. The highest BCUT2D eigenvalue weighted by Gasteiger charge is 2.09. The van der Waals surface area contributed by atoms with Crippen molar-refractivity contribution in [2.75, 3.05) is 0 Å². The van der Waals surface area contributed by atoms with E-state index >= 15 is 0 Å². The molecule has 0 fully saturated rings. The number of rotatable bonds is 2. The van der Waals surface area contributed by atoms with E-state index in [1.165, 1.54) is 10.7 Å². The molecule has 1 aromatic heterocycles. The van der Waals surface area contributed by atoms with E-state index in [2.05, 4.69) is 5.10 Å². The molecule has 0 aromatic carbocycles. The number of nitrogens with zero attached hydrogens (tertiary/aromatic N) is 2. The summed E-state index contributed by atoms with van der Waals surface area (Å²) in [6.45, 7) is 0.265. The number of carbonyl (C=O) groups is 1. The lowest BCUT2D eigenvalue weighted by Crippen LogP contribution is -2.05. The van der Waals surface area contributed by atoms with Gasteiger partial charge in [0.05, 0.1) is 5.69 Å². The quantitative estimate of drug-likeness (QED) is 0.690. The Labute approximate surface area is 75.6 Å². The number of nitrogens with two attached hydrogens (primary N) is 1. The maximum absolute atomic E-state index is 10.4. The van der Waals surface area contributed by atoms with Gasteiger partial charge in [-0.2, -0.15) is 5.10 Å². The van der Waals surface area contributed by atoms with Crippen LogP contribution in [0.15, 0.2) is 6.07 Å². The Hall–Kier alpha value is -1.07. The number of hydrogen-bond acceptors (Lipinski definition) is 3. The van der Waals surface area contributed by atoms with Crippen LogP contribution >= 0.6 is 12.4 Å². The van der Waals surface area contributed by atoms with E-state index in [0.717, 1.165) is 0 Å². The average Bonchev–Trinajstić information content (AvgIpc) is 2.30. The summed E-state index contributed by atoms with van der Waals surface area (Å²) in [6, 6.07) is 1.46. The minimum Gasteiger partial charge on any atom is -0.477 e. The van der Waals surface area contributed by atoms with Crippen molar-refractivity contribution in [1.82, 2.24) is 9.78 Å². The van der Waals surface area contributed by atoms with Gasteiger partial charge in [-0.15, -0.1) is 12.4 Å². The van der Waals surface area contributed by atoms with Crippen LogP contribution in [0.4, 0.5) is 0 Å². The van der Waals surface area contributed by atoms with Crippen LogP contribution in [0.2, 0.25) is 0 Å². The molecule has 0 spiro atoms. The molecule has 0 bridgehead atoms. The van der Waals surface area contributed by atoms with E-state index in [0.29, 0.717) is 5.69 Å². The maximum atomic E-state index is 10.4. The fraction of sp³-hybridized carbons (Fsp3) is 0.333. The number of carboxylic acid groups (broad SMARTS) is 1. The Morgan fingerprint density at radius 3 is 2.67 bits per heavy atom. The van der Waals surface area contributed by atoms with Crippen LogP contribution < -0.4 is 5.73 Å². The van der Waals surface area contributed by atoms with Gasteiger partial charge in [0.2, 0.25) is 0 Å². The second kappa shape index (κ2) is 4.08. The summed E-state index contributed by atoms with van der Waals surface area (Å²) in [5.74, 6) is -0.986. The van der Waals surface area contributed by atoms with E-state index in [1.54, 1.807) is 7.05 Å². The van der Waals surface area contributed by atoms with Crippen molar-refractivity contribution < 1.29 is 9.90 Å². The molecule has 12 heavy (non-hydrogen) atoms. The smallest absolute Gasteiger partial charge is 0.354 e. The van der Waals surface area contributed by atoms with Gasteiger partial charge in [0.25, 0.3) is 0 Å². The minimum atomic E-state index is -0.986. The monoisotopic (exact) mass is 191 g/mol. The van der Waals surface area contributed by atoms with Gasteiger partial charge in [-0.25, -0.2) is 4.79 Å². The molecule has 0 aliphatic rings. The molecule has 3 N–H and O–H groups in total. The zero-order valence-electron chi connectivity index (χ0n) is 6.52. The third kappa shape index (κ3) is 1.96. The van der Waals surface area contributed by atoms with Gasteiger partial charge in [0.1, 0.15) is 5.69 Å². The Morgan fingerprint density at radius 2 is 2.42 bits per heavy atom. The van der Waals surface area contributed by atoms with Crippen LogP contribution in [0.3, 0.4) is 0 Å². The Morgan fingerprint density at radius 1 is 1.83 bits per heavy atom. The summed E-state index contributed by atoms with van der Waals surface area (Å²) >= 11 is 0. The molecule has 68 valence electrons. The molecular weight excluding hydrogens is 182 g/mol. The number of carboxylic acids is 1. The first kappa shape index (κ1) is 10.9. The normalized spacial score (nSPS) is 9.17. The third-order valence-electron chi connectivity index (χ3n) is 1.36. The van der Waals surface area contributed by atoms with Gasteiger partial charge in [-0.3, -0.25) is 4.68 Å². The Bertz CT molecular complexity index is 284. The predicted octanol–water partition coefficient (Wildman–Crippen LogP) is -0.00120. The highest BCUT2D eigenvalue weighted by Crippen LogP contribution is 2.01. The molecule has 0 amide bonds. The summed E-state index contributed by atoms with van der Waals surface area (Å²) in [6.07, 6.45) is 0. The molecule has 0 radical (unpaired) electrons. The van der Waals surface area contributed by atoms with Gasteiger partial charge in [-0.05, 0) is 6.07 Å². The van der Waals surface area contributed by atoms with Gasteiger partial charge in [0, 0.05) is 13.6 Å². The largest absolute Gasteiger partial charge is 0.477 e. The minimum absolute atomic E-state index is 0. The number of aromatic nitrogens is 2. The molecular formula is C6H10ClN3O2. The molecule has 0 saturated heterocycles. The molecule has 0 aliphatic heterocycles. The van der Waals surface area contributed by atoms with E-state index < -0.39 is 5.97 Å². The highest BCUT2D eigenvalue weighted by molar-refractivity contribution is 5.85. The van der Waals surface area contributed by atoms with Crippen molar-refractivity contribution in [2.45, 2.75) is 6.54 Å². The van der Waals surface area contributed by atoms with E-state index in [4.69, 9.17) is 10.8 Å². The molecule has 0 atom stereocenters. The fourth-order valence-electron chi connectivity index (χ4n) is 0.827. The lowest BCUT2D eigenvalue weighted by molar-refractivity contribution is 0.0685. The summed E-state index contributed by atoms with van der Waals surface area (Å²) < 4.78 is 1.30. The van der Waals surface area contributed by atoms with Crippen molar-refractivity contribution in [1.29, 1.82) is 0 Å². The zero-order valence-corrected chi connectivity index (χ0v) is 7.34. The molecule has 1 rings (SSSR count). The third-order valence-corrected chi connectivity index (χ3v) is 1.36. The van der Waals surface area contributed by atoms with Crippen LogP contribution in [0.5, 0.6) is 0 Å². The number of aryl methyl sites for hydroxylation is 1. The molecule has 0 saturated carbocycles. The summed E-state index contributed by atoms with van der Waals surface area (Å²) in [4.78, 5) is 10.4. The van der Waals surface area contributed by atoms with Crippen molar-refractivity contribution in [3.63, 3.8) is 0 Å². The van der Waals surface area contributed by atoms with E-state index in [1.807, 2.05) is 0 Å². The molecule has 1 heterocycles. The van der Waals surface area contributed by atoms with Crippen LogP contribution in [0.1, 0.15) is 16.2 Å². The first-order valence-electron chi connectivity index (χ1n) is 3.11. The van der Waals surface area contributed by atoms with E-state index in [9.17, 15) is 4.79 Å². The maximum Gasteiger partial charge on any atom is 0.354 e. The SMILES string of the molecule is Cl.Cn1nc(CN)cc1C(=O)O. The van der Waals surface area contributed by atoms with Gasteiger partial charge >= 0.3 is 5.97 Å². The Balaban J connectivity index is 0.00000121. The molecule has 6 heteroatoms. The first-order chi connectivity index (χ1) is 5.15. The molecule has 5 nitrogen and oxygen atoms in total. The second-order valence-corrected chi connectivity index (χ2v) is 2.15. The van der Waals surface area contributed by atoms with Crippen LogP contribution in [0.25, 0.3) is 0 Å². The fourth-order valence-corrected chi connectivity index (χ4v) is 0.827. The topological polar surface area (TPSA) is 81.1 Å². The lowest BCUT2D eigenvalue weighted by atomic mass is 10.3. The number of halogens is 1. The zero-order chi connectivity index (χ0) is 8.43. The van der Waals surface area contributed by atoms with Gasteiger partial charge in [-0.1, -0.05) is 0 Å². The molecule has 0 aliphatic carbocycles. The molecule has 1 aromatic rings. The van der Waals surface area contributed by atoms with Crippen molar-refractivity contribution >= 4 is 18.4 Å². The van der Waals surface area contributed by atoms with Crippen molar-refractivity contribution in [2.24, 2.45) is 12.8 Å². The van der Waals surface area contributed by atoms with Crippen molar-refractivity contribution in [3.8, 4) is 0 Å². The van der Waals surface area contributed by atoms with Crippen LogP contribution in [0, 0.1) is 0 Å². The first-order valence-corrected chi connectivity index (χ1v) is 3.11. The summed E-state index contributed by atoms with van der Waals surface area (Å²) in [7, 11) is 1.57. The van der Waals surface area contributed by atoms with Crippen LogP contribution in [-0.4, -0.2) is 20.9 Å². The second-order valence-electron chi connectivity index (χ2n) is 2.15. The number of hydrogen-bond donors (Lipinski definition) is 2. The average molecular weight is 192 g/mol. The van der Waals surface area contributed by atoms with Crippen molar-refractivity contribution in [3.05, 3.63) is 17.5 Å². The van der Waals surface area contributed by atoms with Crippen LogP contribution in [-0.2, 0) is 13.6 Å². The summed E-state index contributed by atoms with van der Waals surface area (Å²) in [5, 5.41) is 12.4. The van der Waals surface area contributed by atoms with E-state index in [-0.39, 0.29) is 24.6 Å². The van der Waals surface area contributed by atoms with Gasteiger partial charge < -0.3 is 10.8 Å².